The third kappa shape index (κ3) is 7.10. The van der Waals surface area contributed by atoms with Crippen LogP contribution in [0.2, 0.25) is 0 Å². The molecular formula is C33H41F3N4O5. The zero-order valence-electron chi connectivity index (χ0n) is 25.8. The summed E-state index contributed by atoms with van der Waals surface area (Å²) >= 11 is 0. The van der Waals surface area contributed by atoms with Crippen LogP contribution in [0.3, 0.4) is 0 Å². The first-order valence-electron chi connectivity index (χ1n) is 15.6. The Morgan fingerprint density at radius 2 is 1.73 bits per heavy atom. The van der Waals surface area contributed by atoms with Crippen molar-refractivity contribution >= 4 is 23.6 Å². The highest BCUT2D eigenvalue weighted by molar-refractivity contribution is 6.05. The van der Waals surface area contributed by atoms with Gasteiger partial charge in [0.1, 0.15) is 17.7 Å². The van der Waals surface area contributed by atoms with Crippen molar-refractivity contribution < 1.29 is 37.4 Å². The lowest BCUT2D eigenvalue weighted by atomic mass is 9.93. The van der Waals surface area contributed by atoms with Crippen molar-refractivity contribution in [2.45, 2.75) is 114 Å². The SMILES string of the molecule is CC(C)(C)OC(=O)N1C[C@H](O)C[C@@H]1C(=O)N(c1ccc(C2(C(F)(F)F)CC2)cc1)C(C(=O)NC1CCCCC1)c1cccnc1. The molecule has 1 aliphatic heterocycles. The average molecular weight is 631 g/mol. The molecule has 1 aromatic carbocycles. The minimum Gasteiger partial charge on any atom is -0.444 e. The van der Waals surface area contributed by atoms with Crippen LogP contribution >= 0.6 is 0 Å². The third-order valence-electron chi connectivity index (χ3n) is 8.88. The van der Waals surface area contributed by atoms with Crippen LogP contribution in [0.5, 0.6) is 0 Å². The number of aliphatic hydroxyl groups excluding tert-OH is 1. The van der Waals surface area contributed by atoms with Crippen molar-refractivity contribution in [1.82, 2.24) is 15.2 Å². The average Bonchev–Trinajstić information content (AvgIpc) is 3.72. The van der Waals surface area contributed by atoms with E-state index in [9.17, 15) is 32.7 Å². The van der Waals surface area contributed by atoms with Crippen molar-refractivity contribution in [2.75, 3.05) is 11.4 Å². The number of aliphatic hydroxyl groups is 1. The molecule has 2 aromatic rings. The highest BCUT2D eigenvalue weighted by Gasteiger charge is 2.64. The Balaban J connectivity index is 1.57. The van der Waals surface area contributed by atoms with Gasteiger partial charge in [-0.15, -0.1) is 0 Å². The summed E-state index contributed by atoms with van der Waals surface area (Å²) in [5.41, 5.74) is -2.14. The molecule has 9 nitrogen and oxygen atoms in total. The number of alkyl halides is 3. The number of nitrogens with zero attached hydrogens (tertiary/aromatic N) is 3. The molecule has 0 bridgehead atoms. The van der Waals surface area contributed by atoms with E-state index in [0.717, 1.165) is 37.0 Å². The van der Waals surface area contributed by atoms with E-state index in [1.54, 1.807) is 32.9 Å². The lowest BCUT2D eigenvalue weighted by molar-refractivity contribution is -0.160. The molecule has 2 heterocycles. The van der Waals surface area contributed by atoms with Gasteiger partial charge in [0.25, 0.3) is 5.91 Å². The number of anilines is 1. The highest BCUT2D eigenvalue weighted by Crippen LogP contribution is 2.59. The Kier molecular flexibility index (Phi) is 9.17. The second kappa shape index (κ2) is 12.6. The van der Waals surface area contributed by atoms with E-state index in [2.05, 4.69) is 10.3 Å². The van der Waals surface area contributed by atoms with Gasteiger partial charge in [0.05, 0.1) is 18.1 Å². The maximum absolute atomic E-state index is 14.6. The maximum atomic E-state index is 14.6. The fourth-order valence-electron chi connectivity index (χ4n) is 6.42. The number of hydrogen-bond donors (Lipinski definition) is 2. The molecule has 3 atom stereocenters. The van der Waals surface area contributed by atoms with Gasteiger partial charge in [-0.25, -0.2) is 4.79 Å². The molecule has 2 aliphatic carbocycles. The zero-order valence-corrected chi connectivity index (χ0v) is 25.8. The van der Waals surface area contributed by atoms with Crippen LogP contribution in [0.1, 0.15) is 89.3 Å². The largest absolute Gasteiger partial charge is 0.444 e. The molecule has 244 valence electrons. The summed E-state index contributed by atoms with van der Waals surface area (Å²) in [6, 6.07) is 6.28. The fourth-order valence-corrected chi connectivity index (χ4v) is 6.42. The Hall–Kier alpha value is -3.67. The van der Waals surface area contributed by atoms with Crippen LogP contribution in [0.4, 0.5) is 23.7 Å². The number of aromatic nitrogens is 1. The first kappa shape index (κ1) is 32.7. The number of rotatable bonds is 7. The van der Waals surface area contributed by atoms with Gasteiger partial charge in [-0.3, -0.25) is 24.4 Å². The number of carbonyl (C=O) groups is 3. The Labute approximate surface area is 261 Å². The van der Waals surface area contributed by atoms with Crippen molar-refractivity contribution in [2.24, 2.45) is 0 Å². The molecule has 0 radical (unpaired) electrons. The van der Waals surface area contributed by atoms with E-state index in [-0.39, 0.29) is 43.1 Å². The molecular weight excluding hydrogens is 589 g/mol. The number of nitrogens with one attached hydrogen (secondary N) is 1. The predicted molar refractivity (Wildman–Crippen MR) is 160 cm³/mol. The van der Waals surface area contributed by atoms with Gasteiger partial charge < -0.3 is 15.2 Å². The lowest BCUT2D eigenvalue weighted by Crippen LogP contribution is -2.53. The van der Waals surface area contributed by atoms with Gasteiger partial charge in [0.2, 0.25) is 5.91 Å². The maximum Gasteiger partial charge on any atom is 0.411 e. The number of carbonyl (C=O) groups excluding carboxylic acids is 3. The molecule has 3 aliphatic rings. The normalized spacial score (nSPS) is 22.4. The summed E-state index contributed by atoms with van der Waals surface area (Å²) in [6.07, 6.45) is 1.17. The zero-order chi connectivity index (χ0) is 32.6. The van der Waals surface area contributed by atoms with Crippen LogP contribution in [0.25, 0.3) is 0 Å². The number of ether oxygens (including phenoxy) is 1. The summed E-state index contributed by atoms with van der Waals surface area (Å²) in [4.78, 5) is 48.5. The smallest absolute Gasteiger partial charge is 0.411 e. The summed E-state index contributed by atoms with van der Waals surface area (Å²) in [7, 11) is 0. The van der Waals surface area contributed by atoms with Crippen molar-refractivity contribution in [1.29, 1.82) is 0 Å². The number of pyridine rings is 1. The molecule has 12 heteroatoms. The van der Waals surface area contributed by atoms with Crippen LogP contribution in [-0.2, 0) is 19.7 Å². The number of likely N-dealkylation sites (tertiary alicyclic amines) is 1. The number of β-amino-alcohol motifs (C(OH)–C–C–N with tert-alkyl or cyclic N) is 1. The van der Waals surface area contributed by atoms with Gasteiger partial charge in [-0.05, 0) is 70.2 Å². The van der Waals surface area contributed by atoms with Crippen LogP contribution in [0.15, 0.2) is 48.8 Å². The van der Waals surface area contributed by atoms with Crippen LogP contribution in [-0.4, -0.2) is 69.4 Å². The Morgan fingerprint density at radius 1 is 1.07 bits per heavy atom. The summed E-state index contributed by atoms with van der Waals surface area (Å²) in [5, 5.41) is 13.7. The third-order valence-corrected chi connectivity index (χ3v) is 8.88. The monoisotopic (exact) mass is 630 g/mol. The van der Waals surface area contributed by atoms with Gasteiger partial charge in [-0.1, -0.05) is 37.5 Å². The number of hydrogen-bond acceptors (Lipinski definition) is 6. The van der Waals surface area contributed by atoms with E-state index in [0.29, 0.717) is 5.56 Å². The van der Waals surface area contributed by atoms with Gasteiger partial charge >= 0.3 is 12.3 Å². The second-order valence-electron chi connectivity index (χ2n) is 13.4. The Morgan fingerprint density at radius 3 is 2.29 bits per heavy atom. The van der Waals surface area contributed by atoms with Gasteiger partial charge in [-0.2, -0.15) is 13.2 Å². The minimum absolute atomic E-state index is 0.0224. The van der Waals surface area contributed by atoms with E-state index in [1.165, 1.54) is 41.6 Å². The van der Waals surface area contributed by atoms with Gasteiger partial charge in [0, 0.05) is 36.1 Å². The molecule has 5 rings (SSSR count). The van der Waals surface area contributed by atoms with Crippen molar-refractivity contribution in [3.8, 4) is 0 Å². The van der Waals surface area contributed by atoms with Gasteiger partial charge in [0.15, 0.2) is 0 Å². The number of amides is 3. The summed E-state index contributed by atoms with van der Waals surface area (Å²) in [5.74, 6) is -1.14. The van der Waals surface area contributed by atoms with Crippen LogP contribution in [0, 0.1) is 0 Å². The van der Waals surface area contributed by atoms with Crippen molar-refractivity contribution in [3.05, 3.63) is 59.9 Å². The molecule has 2 N–H and O–H groups in total. The minimum atomic E-state index is -4.42. The fraction of sp³-hybridized carbons (Fsp3) is 0.576. The predicted octanol–water partition coefficient (Wildman–Crippen LogP) is 5.57. The first-order valence-corrected chi connectivity index (χ1v) is 15.6. The molecule has 45 heavy (non-hydrogen) atoms. The first-order chi connectivity index (χ1) is 21.2. The van der Waals surface area contributed by atoms with E-state index >= 15 is 0 Å². The molecule has 1 saturated heterocycles. The van der Waals surface area contributed by atoms with E-state index in [4.69, 9.17) is 4.74 Å². The summed E-state index contributed by atoms with van der Waals surface area (Å²) in [6.45, 7) is 4.90. The standard InChI is InChI=1S/C33H41F3N4O5/c1-31(2,3)45-30(44)39-20-25(41)18-26(39)29(43)40(24-13-11-22(12-14-24)32(15-16-32)33(34,35)36)27(21-8-7-17-37-19-21)28(42)38-23-9-5-4-6-10-23/h7-8,11-14,17,19,23,25-27,41H,4-6,9-10,15-16,18,20H2,1-3H3,(H,38,42)/t25-,26-,27?/m1/s1. The lowest BCUT2D eigenvalue weighted by Gasteiger charge is -2.36. The topological polar surface area (TPSA) is 112 Å². The molecule has 3 amide bonds. The van der Waals surface area contributed by atoms with E-state index in [1.807, 2.05) is 0 Å². The number of benzene rings is 1. The van der Waals surface area contributed by atoms with E-state index < -0.39 is 53.3 Å². The molecule has 0 spiro atoms. The molecule has 1 unspecified atom stereocenters. The quantitative estimate of drug-likeness (QED) is 0.414. The second-order valence-corrected chi connectivity index (χ2v) is 13.4. The molecule has 3 fully saturated rings. The molecule has 2 saturated carbocycles. The highest BCUT2D eigenvalue weighted by atomic mass is 19.4. The summed E-state index contributed by atoms with van der Waals surface area (Å²) < 4.78 is 47.3. The molecule has 1 aromatic heterocycles. The van der Waals surface area contributed by atoms with Crippen molar-refractivity contribution in [3.63, 3.8) is 0 Å². The Bertz CT molecular complexity index is 1370. The van der Waals surface area contributed by atoms with Crippen LogP contribution < -0.4 is 10.2 Å². The number of halogens is 3.